The van der Waals surface area contributed by atoms with Gasteiger partial charge in [-0.3, -0.25) is 9.59 Å². The molecule has 1 atom stereocenters. The summed E-state index contributed by atoms with van der Waals surface area (Å²) in [6.45, 7) is 0.901. The van der Waals surface area contributed by atoms with Crippen LogP contribution in [-0.2, 0) is 16.0 Å². The summed E-state index contributed by atoms with van der Waals surface area (Å²) in [5.41, 5.74) is 1.83. The molecule has 0 saturated carbocycles. The van der Waals surface area contributed by atoms with Crippen molar-refractivity contribution in [3.8, 4) is 11.5 Å². The fourth-order valence-corrected chi connectivity index (χ4v) is 3.24. The number of hydrogen-bond donors (Lipinski definition) is 1. The Hall–Kier alpha value is -3.02. The molecule has 0 aromatic heterocycles. The Bertz CT molecular complexity index is 804. The molecule has 3 rings (SSSR count). The smallest absolute Gasteiger partial charge is 0.227 e. The largest absolute Gasteiger partial charge is 0.497 e. The zero-order valence-electron chi connectivity index (χ0n) is 15.6. The molecule has 0 aliphatic carbocycles. The van der Waals surface area contributed by atoms with Crippen LogP contribution in [0, 0.1) is 5.92 Å². The third-order valence-corrected chi connectivity index (χ3v) is 4.74. The van der Waals surface area contributed by atoms with Crippen LogP contribution in [0.3, 0.4) is 0 Å². The Morgan fingerprint density at radius 1 is 1.11 bits per heavy atom. The van der Waals surface area contributed by atoms with Gasteiger partial charge in [-0.15, -0.1) is 0 Å². The van der Waals surface area contributed by atoms with Gasteiger partial charge in [-0.05, 0) is 36.2 Å². The van der Waals surface area contributed by atoms with Gasteiger partial charge < -0.3 is 19.7 Å². The number of anilines is 1. The van der Waals surface area contributed by atoms with E-state index in [9.17, 15) is 9.59 Å². The lowest BCUT2D eigenvalue weighted by molar-refractivity contribution is -0.126. The van der Waals surface area contributed by atoms with Crippen LogP contribution >= 0.6 is 0 Å². The Kier molecular flexibility index (Phi) is 5.96. The second-order valence-electron chi connectivity index (χ2n) is 6.47. The van der Waals surface area contributed by atoms with Gasteiger partial charge >= 0.3 is 0 Å². The quantitative estimate of drug-likeness (QED) is 0.815. The van der Waals surface area contributed by atoms with Crippen molar-refractivity contribution in [3.05, 3.63) is 54.1 Å². The number of rotatable bonds is 7. The van der Waals surface area contributed by atoms with Crippen molar-refractivity contribution in [2.24, 2.45) is 5.92 Å². The Balaban J connectivity index is 1.54. The summed E-state index contributed by atoms with van der Waals surface area (Å²) in [4.78, 5) is 26.5. The first-order valence-electron chi connectivity index (χ1n) is 8.96. The molecule has 1 aliphatic rings. The summed E-state index contributed by atoms with van der Waals surface area (Å²) in [5.74, 6) is 0.942. The van der Waals surface area contributed by atoms with Crippen LogP contribution in [0.25, 0.3) is 0 Å². The van der Waals surface area contributed by atoms with Gasteiger partial charge in [-0.25, -0.2) is 0 Å². The minimum Gasteiger partial charge on any atom is -0.497 e. The van der Waals surface area contributed by atoms with E-state index in [1.807, 2.05) is 48.5 Å². The third-order valence-electron chi connectivity index (χ3n) is 4.74. The number of nitrogens with one attached hydrogen (secondary N) is 1. The first-order valence-corrected chi connectivity index (χ1v) is 8.96. The highest BCUT2D eigenvalue weighted by molar-refractivity contribution is 6.01. The van der Waals surface area contributed by atoms with E-state index < -0.39 is 0 Å². The molecule has 6 nitrogen and oxygen atoms in total. The fourth-order valence-electron chi connectivity index (χ4n) is 3.24. The van der Waals surface area contributed by atoms with Crippen molar-refractivity contribution in [3.63, 3.8) is 0 Å². The van der Waals surface area contributed by atoms with Crippen LogP contribution in [0.4, 0.5) is 5.69 Å². The first kappa shape index (κ1) is 18.8. The van der Waals surface area contributed by atoms with Gasteiger partial charge in [0, 0.05) is 19.5 Å². The van der Waals surface area contributed by atoms with E-state index in [-0.39, 0.29) is 24.2 Å². The van der Waals surface area contributed by atoms with Gasteiger partial charge in [0.2, 0.25) is 11.8 Å². The maximum atomic E-state index is 12.5. The van der Waals surface area contributed by atoms with Crippen molar-refractivity contribution >= 4 is 17.5 Å². The lowest BCUT2D eigenvalue weighted by Gasteiger charge is -2.19. The zero-order chi connectivity index (χ0) is 19.2. The number of nitrogens with zero attached hydrogens (tertiary/aromatic N) is 1. The normalized spacial score (nSPS) is 16.3. The molecule has 0 spiro atoms. The van der Waals surface area contributed by atoms with Crippen LogP contribution in [-0.4, -0.2) is 39.1 Å². The van der Waals surface area contributed by atoms with Gasteiger partial charge in [0.05, 0.1) is 25.8 Å². The summed E-state index contributed by atoms with van der Waals surface area (Å²) < 4.78 is 10.5. The Morgan fingerprint density at radius 2 is 1.85 bits per heavy atom. The summed E-state index contributed by atoms with van der Waals surface area (Å²) in [6.07, 6.45) is 0.943. The molecule has 1 aliphatic heterocycles. The van der Waals surface area contributed by atoms with E-state index in [2.05, 4.69) is 5.32 Å². The van der Waals surface area contributed by atoms with Crippen LogP contribution in [0.15, 0.2) is 48.5 Å². The number of benzene rings is 2. The molecule has 2 aromatic rings. The predicted octanol–water partition coefficient (Wildman–Crippen LogP) is 2.42. The molecule has 2 amide bonds. The minimum absolute atomic E-state index is 0.0604. The standard InChI is InChI=1S/C21H24N2O4/c1-26-17-9-7-15(8-10-17)11-12-22-21(25)16-13-20(24)23(14-16)18-5-3-4-6-19(18)27-2/h3-10,16H,11-14H2,1-2H3,(H,22,25)/t16-/m0/s1. The summed E-state index contributed by atoms with van der Waals surface area (Å²) in [7, 11) is 3.20. The molecule has 2 aromatic carbocycles. The second kappa shape index (κ2) is 8.58. The van der Waals surface area contributed by atoms with Crippen molar-refractivity contribution < 1.29 is 19.1 Å². The maximum Gasteiger partial charge on any atom is 0.227 e. The molecule has 142 valence electrons. The minimum atomic E-state index is -0.349. The summed E-state index contributed by atoms with van der Waals surface area (Å²) in [5, 5.41) is 2.94. The molecule has 6 heteroatoms. The number of amides is 2. The lowest BCUT2D eigenvalue weighted by Crippen LogP contribution is -2.34. The van der Waals surface area contributed by atoms with E-state index in [1.165, 1.54) is 0 Å². The highest BCUT2D eigenvalue weighted by atomic mass is 16.5. The summed E-state index contributed by atoms with van der Waals surface area (Å²) >= 11 is 0. The molecule has 1 heterocycles. The van der Waals surface area contributed by atoms with Gasteiger partial charge in [-0.2, -0.15) is 0 Å². The monoisotopic (exact) mass is 368 g/mol. The lowest BCUT2D eigenvalue weighted by atomic mass is 10.1. The highest BCUT2D eigenvalue weighted by Gasteiger charge is 2.36. The molecule has 1 fully saturated rings. The van der Waals surface area contributed by atoms with Crippen molar-refractivity contribution in [2.75, 3.05) is 32.2 Å². The molecule has 1 saturated heterocycles. The van der Waals surface area contributed by atoms with Crippen molar-refractivity contribution in [1.29, 1.82) is 0 Å². The average Bonchev–Trinajstić information content (AvgIpc) is 3.10. The van der Waals surface area contributed by atoms with Gasteiger partial charge in [0.25, 0.3) is 0 Å². The van der Waals surface area contributed by atoms with E-state index in [1.54, 1.807) is 19.1 Å². The third kappa shape index (κ3) is 4.39. The average molecular weight is 368 g/mol. The molecule has 0 bridgehead atoms. The number of carbonyl (C=O) groups is 2. The van der Waals surface area contributed by atoms with Gasteiger partial charge in [0.15, 0.2) is 0 Å². The van der Waals surface area contributed by atoms with Crippen LogP contribution in [0.1, 0.15) is 12.0 Å². The van der Waals surface area contributed by atoms with Crippen LogP contribution < -0.4 is 19.7 Å². The van der Waals surface area contributed by atoms with E-state index in [4.69, 9.17) is 9.47 Å². The maximum absolute atomic E-state index is 12.5. The molecular weight excluding hydrogens is 344 g/mol. The number of methoxy groups -OCH3 is 2. The Labute approximate surface area is 159 Å². The summed E-state index contributed by atoms with van der Waals surface area (Å²) in [6, 6.07) is 15.1. The highest BCUT2D eigenvalue weighted by Crippen LogP contribution is 2.32. The van der Waals surface area contributed by atoms with Crippen molar-refractivity contribution in [2.45, 2.75) is 12.8 Å². The predicted molar refractivity (Wildman–Crippen MR) is 103 cm³/mol. The Morgan fingerprint density at radius 3 is 2.56 bits per heavy atom. The second-order valence-corrected chi connectivity index (χ2v) is 6.47. The van der Waals surface area contributed by atoms with Crippen molar-refractivity contribution in [1.82, 2.24) is 5.32 Å². The zero-order valence-corrected chi connectivity index (χ0v) is 15.6. The molecular formula is C21H24N2O4. The van der Waals surface area contributed by atoms with Crippen LogP contribution in [0.2, 0.25) is 0 Å². The molecule has 0 unspecified atom stereocenters. The molecule has 1 N–H and O–H groups in total. The topological polar surface area (TPSA) is 67.9 Å². The van der Waals surface area contributed by atoms with Crippen LogP contribution in [0.5, 0.6) is 11.5 Å². The van der Waals surface area contributed by atoms with E-state index in [0.717, 1.165) is 17.7 Å². The first-order chi connectivity index (χ1) is 13.1. The number of para-hydroxylation sites is 2. The number of ether oxygens (including phenoxy) is 2. The fraction of sp³-hybridized carbons (Fsp3) is 0.333. The van der Waals surface area contributed by atoms with E-state index >= 15 is 0 Å². The number of carbonyl (C=O) groups excluding carboxylic acids is 2. The molecule has 27 heavy (non-hydrogen) atoms. The van der Waals surface area contributed by atoms with Gasteiger partial charge in [-0.1, -0.05) is 24.3 Å². The molecule has 0 radical (unpaired) electrons. The van der Waals surface area contributed by atoms with Gasteiger partial charge in [0.1, 0.15) is 11.5 Å². The number of hydrogen-bond acceptors (Lipinski definition) is 4. The van der Waals surface area contributed by atoms with E-state index in [0.29, 0.717) is 24.5 Å². The SMILES string of the molecule is COc1ccc(CCNC(=O)[C@H]2CC(=O)N(c3ccccc3OC)C2)cc1.